The maximum Gasteiger partial charge on any atom is 0.335 e. The molecule has 0 spiro atoms. The summed E-state index contributed by atoms with van der Waals surface area (Å²) in [7, 11) is 1.49. The van der Waals surface area contributed by atoms with Crippen molar-refractivity contribution in [2.45, 2.75) is 26.2 Å². The van der Waals surface area contributed by atoms with Crippen molar-refractivity contribution >= 4 is 5.97 Å². The molecule has 2 rings (SSSR count). The molecule has 0 unspecified atom stereocenters. The third-order valence-corrected chi connectivity index (χ3v) is 2.86. The molecule has 0 aliphatic rings. The van der Waals surface area contributed by atoms with Gasteiger partial charge < -0.3 is 14.3 Å². The van der Waals surface area contributed by atoms with Crippen LogP contribution in [0.25, 0.3) is 11.3 Å². The van der Waals surface area contributed by atoms with E-state index in [0.29, 0.717) is 23.0 Å². The zero-order valence-corrected chi connectivity index (χ0v) is 11.9. The van der Waals surface area contributed by atoms with Gasteiger partial charge in [0.2, 0.25) is 0 Å². The first-order valence-electron chi connectivity index (χ1n) is 6.21. The first-order valence-corrected chi connectivity index (χ1v) is 6.21. The Morgan fingerprint density at radius 3 is 2.55 bits per heavy atom. The summed E-state index contributed by atoms with van der Waals surface area (Å²) in [5.74, 6) is 0.630. The Morgan fingerprint density at radius 2 is 2.05 bits per heavy atom. The monoisotopic (exact) mass is 275 g/mol. The number of carboxylic acid groups (broad SMARTS) is 1. The molecule has 0 aliphatic heterocycles. The van der Waals surface area contributed by atoms with Crippen LogP contribution in [0.2, 0.25) is 0 Å². The lowest BCUT2D eigenvalue weighted by molar-refractivity contribution is 0.0696. The molecule has 0 saturated carbocycles. The first kappa shape index (κ1) is 14.1. The number of rotatable bonds is 3. The van der Waals surface area contributed by atoms with Gasteiger partial charge in [-0.05, 0) is 18.2 Å². The summed E-state index contributed by atoms with van der Waals surface area (Å²) in [5, 5.41) is 8.99. The number of aromatic carboxylic acids is 1. The van der Waals surface area contributed by atoms with Crippen molar-refractivity contribution in [2.24, 2.45) is 0 Å². The van der Waals surface area contributed by atoms with E-state index in [2.05, 4.69) is 4.98 Å². The molecule has 0 radical (unpaired) electrons. The molecule has 20 heavy (non-hydrogen) atoms. The van der Waals surface area contributed by atoms with E-state index < -0.39 is 5.97 Å². The van der Waals surface area contributed by atoms with Crippen LogP contribution in [0, 0.1) is 0 Å². The van der Waals surface area contributed by atoms with E-state index in [1.807, 2.05) is 20.8 Å². The third-order valence-electron chi connectivity index (χ3n) is 2.86. The Balaban J connectivity index is 2.47. The normalized spacial score (nSPS) is 11.4. The smallest absolute Gasteiger partial charge is 0.335 e. The predicted octanol–water partition coefficient (Wildman–Crippen LogP) is 3.35. The summed E-state index contributed by atoms with van der Waals surface area (Å²) in [6, 6.07) is 4.64. The molecule has 106 valence electrons. The SMILES string of the molecule is COc1cc(C(=O)O)ccc1-c1cnc(C(C)(C)C)o1. The zero-order chi connectivity index (χ0) is 14.9. The van der Waals surface area contributed by atoms with E-state index in [0.717, 1.165) is 0 Å². The van der Waals surface area contributed by atoms with Crippen molar-refractivity contribution in [3.63, 3.8) is 0 Å². The van der Waals surface area contributed by atoms with Gasteiger partial charge in [0.1, 0.15) is 5.75 Å². The van der Waals surface area contributed by atoms with Gasteiger partial charge in [-0.1, -0.05) is 20.8 Å². The molecular formula is C15H17NO4. The van der Waals surface area contributed by atoms with Gasteiger partial charge in [-0.3, -0.25) is 0 Å². The molecule has 5 nitrogen and oxygen atoms in total. The number of aromatic nitrogens is 1. The second-order valence-corrected chi connectivity index (χ2v) is 5.50. The highest BCUT2D eigenvalue weighted by Crippen LogP contribution is 2.33. The minimum absolute atomic E-state index is 0.168. The summed E-state index contributed by atoms with van der Waals surface area (Å²) in [5.41, 5.74) is 0.661. The van der Waals surface area contributed by atoms with Crippen LogP contribution in [0.3, 0.4) is 0 Å². The van der Waals surface area contributed by atoms with Crippen molar-refractivity contribution in [1.29, 1.82) is 0 Å². The number of benzene rings is 1. The minimum Gasteiger partial charge on any atom is -0.496 e. The van der Waals surface area contributed by atoms with Gasteiger partial charge >= 0.3 is 5.97 Å². The fourth-order valence-corrected chi connectivity index (χ4v) is 1.77. The second-order valence-electron chi connectivity index (χ2n) is 5.50. The van der Waals surface area contributed by atoms with E-state index in [-0.39, 0.29) is 11.0 Å². The van der Waals surface area contributed by atoms with Crippen LogP contribution in [0.15, 0.2) is 28.8 Å². The fraction of sp³-hybridized carbons (Fsp3) is 0.333. The molecule has 0 atom stereocenters. The van der Waals surface area contributed by atoms with Crippen molar-refractivity contribution in [2.75, 3.05) is 7.11 Å². The number of ether oxygens (including phenoxy) is 1. The molecular weight excluding hydrogens is 258 g/mol. The molecule has 1 aromatic carbocycles. The molecule has 0 amide bonds. The number of carboxylic acids is 1. The summed E-state index contributed by atoms with van der Waals surface area (Å²) in [6.45, 7) is 6.02. The zero-order valence-electron chi connectivity index (χ0n) is 11.9. The van der Waals surface area contributed by atoms with Crippen molar-refractivity contribution < 1.29 is 19.1 Å². The molecule has 2 aromatic rings. The lowest BCUT2D eigenvalue weighted by Gasteiger charge is -2.12. The molecule has 0 bridgehead atoms. The molecule has 1 aromatic heterocycles. The molecule has 1 N–H and O–H groups in total. The van der Waals surface area contributed by atoms with Gasteiger partial charge in [-0.15, -0.1) is 0 Å². The van der Waals surface area contributed by atoms with Crippen LogP contribution >= 0.6 is 0 Å². The number of methoxy groups -OCH3 is 1. The summed E-state index contributed by atoms with van der Waals surface area (Å²) in [6.07, 6.45) is 1.62. The van der Waals surface area contributed by atoms with Gasteiger partial charge in [0.15, 0.2) is 11.7 Å². The number of nitrogens with zero attached hydrogens (tertiary/aromatic N) is 1. The second kappa shape index (κ2) is 5.00. The Hall–Kier alpha value is -2.30. The topological polar surface area (TPSA) is 72.6 Å². The van der Waals surface area contributed by atoms with Crippen LogP contribution < -0.4 is 4.74 Å². The van der Waals surface area contributed by atoms with E-state index in [1.165, 1.54) is 19.2 Å². The van der Waals surface area contributed by atoms with Gasteiger partial charge in [0, 0.05) is 5.41 Å². The van der Waals surface area contributed by atoms with Gasteiger partial charge in [-0.2, -0.15) is 0 Å². The minimum atomic E-state index is -0.997. The molecule has 0 fully saturated rings. The standard InChI is InChI=1S/C15H17NO4/c1-15(2,3)14-16-8-12(20-14)10-6-5-9(13(17)18)7-11(10)19-4/h5-8H,1-4H3,(H,17,18). The molecule has 0 saturated heterocycles. The van der Waals surface area contributed by atoms with E-state index in [4.69, 9.17) is 14.3 Å². The van der Waals surface area contributed by atoms with Gasteiger partial charge in [0.25, 0.3) is 0 Å². The Bertz CT molecular complexity index is 638. The summed E-state index contributed by atoms with van der Waals surface area (Å²) < 4.78 is 11.0. The van der Waals surface area contributed by atoms with Gasteiger partial charge in [0.05, 0.1) is 24.4 Å². The van der Waals surface area contributed by atoms with E-state index in [9.17, 15) is 4.79 Å². The highest BCUT2D eigenvalue weighted by atomic mass is 16.5. The lowest BCUT2D eigenvalue weighted by atomic mass is 9.97. The molecule has 0 aliphatic carbocycles. The number of hydrogen-bond donors (Lipinski definition) is 1. The molecule has 5 heteroatoms. The van der Waals surface area contributed by atoms with E-state index >= 15 is 0 Å². The average Bonchev–Trinajstić information content (AvgIpc) is 2.87. The van der Waals surface area contributed by atoms with Crippen molar-refractivity contribution in [1.82, 2.24) is 4.98 Å². The number of oxazole rings is 1. The van der Waals surface area contributed by atoms with Crippen LogP contribution in [-0.2, 0) is 5.41 Å². The van der Waals surface area contributed by atoms with Crippen molar-refractivity contribution in [3.05, 3.63) is 35.9 Å². The van der Waals surface area contributed by atoms with Crippen LogP contribution in [0.5, 0.6) is 5.75 Å². The highest BCUT2D eigenvalue weighted by Gasteiger charge is 2.22. The molecule has 1 heterocycles. The van der Waals surface area contributed by atoms with E-state index in [1.54, 1.807) is 12.3 Å². The van der Waals surface area contributed by atoms with Crippen LogP contribution in [0.4, 0.5) is 0 Å². The lowest BCUT2D eigenvalue weighted by Crippen LogP contribution is -2.10. The van der Waals surface area contributed by atoms with Crippen LogP contribution in [-0.4, -0.2) is 23.2 Å². The van der Waals surface area contributed by atoms with Crippen LogP contribution in [0.1, 0.15) is 37.0 Å². The third kappa shape index (κ3) is 2.66. The largest absolute Gasteiger partial charge is 0.496 e. The van der Waals surface area contributed by atoms with Crippen molar-refractivity contribution in [3.8, 4) is 17.1 Å². The average molecular weight is 275 g/mol. The number of hydrogen-bond acceptors (Lipinski definition) is 4. The first-order chi connectivity index (χ1) is 9.32. The fourth-order valence-electron chi connectivity index (χ4n) is 1.77. The Morgan fingerprint density at radius 1 is 1.35 bits per heavy atom. The Kier molecular flexibility index (Phi) is 3.53. The van der Waals surface area contributed by atoms with Gasteiger partial charge in [-0.25, -0.2) is 9.78 Å². The maximum absolute atomic E-state index is 11.0. The quantitative estimate of drug-likeness (QED) is 0.930. The summed E-state index contributed by atoms with van der Waals surface area (Å²) >= 11 is 0. The Labute approximate surface area is 117 Å². The number of carbonyl (C=O) groups is 1. The maximum atomic E-state index is 11.0. The highest BCUT2D eigenvalue weighted by molar-refractivity contribution is 5.89. The summed E-state index contributed by atoms with van der Waals surface area (Å²) in [4.78, 5) is 15.2. The predicted molar refractivity (Wildman–Crippen MR) is 74.2 cm³/mol.